The largest absolute Gasteiger partial charge is 0.505 e. The van der Waals surface area contributed by atoms with Gasteiger partial charge in [-0.25, -0.2) is 21.6 Å². The molecule has 3 aromatic rings. The predicted octanol–water partition coefficient (Wildman–Crippen LogP) is 3.64. The Morgan fingerprint density at radius 1 is 0.821 bits per heavy atom. The topological polar surface area (TPSA) is 74.6 Å². The van der Waals surface area contributed by atoms with E-state index in [2.05, 4.69) is 0 Å². The minimum absolute atomic E-state index is 0.0302. The molecule has 0 bridgehead atoms. The van der Waals surface area contributed by atoms with Gasteiger partial charge in [-0.15, -0.1) is 0 Å². The quantitative estimate of drug-likeness (QED) is 0.682. The Kier molecular flexibility index (Phi) is 3.94. The molecule has 4 rings (SSSR count). The molecule has 0 aliphatic carbocycles. The first-order chi connectivity index (χ1) is 13.2. The van der Waals surface area contributed by atoms with Crippen LogP contribution < -0.4 is 0 Å². The maximum atomic E-state index is 14.1. The molecule has 1 unspecified atom stereocenters. The van der Waals surface area contributed by atoms with Crippen molar-refractivity contribution in [2.75, 3.05) is 5.75 Å². The maximum absolute atomic E-state index is 14.1. The molecule has 0 radical (unpaired) electrons. The van der Waals surface area contributed by atoms with Gasteiger partial charge in [0.1, 0.15) is 0 Å². The Morgan fingerprint density at radius 3 is 2.07 bits per heavy atom. The SMILES string of the molecule is O=S1(=O)CC(c2ccc(O)c(F)c2)(c2cc(F)c(O)c(F)c2)c2ccccc21. The molecule has 0 aromatic heterocycles. The average Bonchev–Trinajstić information content (AvgIpc) is 2.90. The summed E-state index contributed by atoms with van der Waals surface area (Å²) < 4.78 is 68.0. The van der Waals surface area contributed by atoms with Crippen molar-refractivity contribution >= 4 is 9.84 Å². The van der Waals surface area contributed by atoms with Crippen LogP contribution in [0.3, 0.4) is 0 Å². The van der Waals surface area contributed by atoms with Crippen LogP contribution in [0.4, 0.5) is 13.2 Å². The van der Waals surface area contributed by atoms with Crippen molar-refractivity contribution in [1.82, 2.24) is 0 Å². The van der Waals surface area contributed by atoms with Gasteiger partial charge in [-0.1, -0.05) is 24.3 Å². The number of hydrogen-bond donors (Lipinski definition) is 2. The molecule has 1 heterocycles. The molecular weight excluding hydrogens is 393 g/mol. The lowest BCUT2D eigenvalue weighted by Gasteiger charge is -2.31. The molecule has 4 nitrogen and oxygen atoms in total. The molecule has 144 valence electrons. The highest BCUT2D eigenvalue weighted by Crippen LogP contribution is 2.50. The number of aromatic hydroxyl groups is 2. The molecule has 1 atom stereocenters. The van der Waals surface area contributed by atoms with Crippen LogP contribution in [-0.4, -0.2) is 24.4 Å². The van der Waals surface area contributed by atoms with Crippen molar-refractivity contribution in [2.45, 2.75) is 10.3 Å². The van der Waals surface area contributed by atoms with Crippen molar-refractivity contribution in [2.24, 2.45) is 0 Å². The zero-order valence-corrected chi connectivity index (χ0v) is 15.0. The van der Waals surface area contributed by atoms with E-state index in [1.165, 1.54) is 24.3 Å². The maximum Gasteiger partial charge on any atom is 0.187 e. The zero-order valence-electron chi connectivity index (χ0n) is 14.2. The first-order valence-electron chi connectivity index (χ1n) is 8.16. The molecule has 0 saturated carbocycles. The van der Waals surface area contributed by atoms with E-state index in [1.54, 1.807) is 6.07 Å². The number of hydrogen-bond acceptors (Lipinski definition) is 4. The molecule has 0 spiro atoms. The second-order valence-electron chi connectivity index (χ2n) is 6.62. The molecule has 1 aliphatic rings. The average molecular weight is 406 g/mol. The summed E-state index contributed by atoms with van der Waals surface area (Å²) in [5.41, 5.74) is -1.40. The molecule has 2 N–H and O–H groups in total. The number of halogens is 3. The fourth-order valence-corrected chi connectivity index (χ4v) is 5.84. The van der Waals surface area contributed by atoms with E-state index in [1.807, 2.05) is 0 Å². The van der Waals surface area contributed by atoms with Crippen molar-refractivity contribution in [3.63, 3.8) is 0 Å². The lowest BCUT2D eigenvalue weighted by atomic mass is 9.71. The molecule has 3 aromatic carbocycles. The van der Waals surface area contributed by atoms with Crippen LogP contribution in [0.25, 0.3) is 0 Å². The fourth-order valence-electron chi connectivity index (χ4n) is 3.76. The summed E-state index contributed by atoms with van der Waals surface area (Å²) >= 11 is 0. The molecule has 1 aliphatic heterocycles. The van der Waals surface area contributed by atoms with Gasteiger partial charge in [0.2, 0.25) is 0 Å². The number of phenols is 2. The van der Waals surface area contributed by atoms with E-state index < -0.39 is 50.0 Å². The van der Waals surface area contributed by atoms with Crippen LogP contribution in [0.2, 0.25) is 0 Å². The third-order valence-corrected chi connectivity index (χ3v) is 6.88. The van der Waals surface area contributed by atoms with Gasteiger partial charge < -0.3 is 10.2 Å². The van der Waals surface area contributed by atoms with Crippen LogP contribution in [0.15, 0.2) is 59.5 Å². The van der Waals surface area contributed by atoms with Crippen molar-refractivity contribution in [3.8, 4) is 11.5 Å². The Hall–Kier alpha value is -3.00. The van der Waals surface area contributed by atoms with E-state index in [0.29, 0.717) is 0 Å². The molecular formula is C20H13F3O4S. The van der Waals surface area contributed by atoms with Gasteiger partial charge in [-0.3, -0.25) is 0 Å². The summed E-state index contributed by atoms with van der Waals surface area (Å²) in [5, 5.41) is 19.0. The number of sulfone groups is 1. The smallest absolute Gasteiger partial charge is 0.187 e. The minimum Gasteiger partial charge on any atom is -0.505 e. The summed E-state index contributed by atoms with van der Waals surface area (Å²) in [7, 11) is -3.86. The van der Waals surface area contributed by atoms with Gasteiger partial charge in [0.05, 0.1) is 16.1 Å². The van der Waals surface area contributed by atoms with Crippen LogP contribution in [0.5, 0.6) is 11.5 Å². The Morgan fingerprint density at radius 2 is 1.43 bits per heavy atom. The van der Waals surface area contributed by atoms with Crippen LogP contribution in [0, 0.1) is 17.5 Å². The second kappa shape index (κ2) is 6.00. The summed E-state index contributed by atoms with van der Waals surface area (Å²) in [5.74, 6) is -5.96. The van der Waals surface area contributed by atoms with Crippen LogP contribution in [-0.2, 0) is 15.3 Å². The standard InChI is InChI=1S/C20H13F3O4S/c21-14-7-11(5-6-17(14)24)20(12-8-15(22)19(25)16(23)9-12)10-28(26,27)18-4-2-1-3-13(18)20/h1-9,24-25H,10H2. The first kappa shape index (κ1) is 18.4. The third-order valence-electron chi connectivity index (χ3n) is 5.04. The van der Waals surface area contributed by atoms with E-state index in [9.17, 15) is 31.8 Å². The molecule has 28 heavy (non-hydrogen) atoms. The molecule has 0 amide bonds. The molecule has 8 heteroatoms. The summed E-state index contributed by atoms with van der Waals surface area (Å²) in [6.07, 6.45) is 0. The number of fused-ring (bicyclic) bond motifs is 1. The Balaban J connectivity index is 2.14. The highest BCUT2D eigenvalue weighted by atomic mass is 32.2. The van der Waals surface area contributed by atoms with Gasteiger partial charge in [0.25, 0.3) is 0 Å². The molecule has 0 fully saturated rings. The van der Waals surface area contributed by atoms with Gasteiger partial charge in [-0.05, 0) is 47.0 Å². The normalized spacial score (nSPS) is 20.1. The van der Waals surface area contributed by atoms with Crippen LogP contribution >= 0.6 is 0 Å². The van der Waals surface area contributed by atoms with Gasteiger partial charge in [-0.2, -0.15) is 0 Å². The third kappa shape index (κ3) is 2.48. The monoisotopic (exact) mass is 406 g/mol. The predicted molar refractivity (Wildman–Crippen MR) is 94.5 cm³/mol. The Bertz CT molecular complexity index is 1200. The van der Waals surface area contributed by atoms with Gasteiger partial charge >= 0.3 is 0 Å². The van der Waals surface area contributed by atoms with E-state index >= 15 is 0 Å². The van der Waals surface area contributed by atoms with Crippen molar-refractivity contribution < 1.29 is 31.8 Å². The van der Waals surface area contributed by atoms with Crippen LogP contribution in [0.1, 0.15) is 16.7 Å². The highest BCUT2D eigenvalue weighted by Gasteiger charge is 2.50. The minimum atomic E-state index is -3.86. The lowest BCUT2D eigenvalue weighted by molar-refractivity contribution is 0.394. The van der Waals surface area contributed by atoms with Gasteiger partial charge in [0, 0.05) is 0 Å². The first-order valence-corrected chi connectivity index (χ1v) is 9.82. The lowest BCUT2D eigenvalue weighted by Crippen LogP contribution is -2.32. The van der Waals surface area contributed by atoms with Crippen molar-refractivity contribution in [3.05, 3.63) is 88.7 Å². The van der Waals surface area contributed by atoms with E-state index in [4.69, 9.17) is 0 Å². The summed E-state index contributed by atoms with van der Waals surface area (Å²) in [4.78, 5) is -0.0302. The number of benzene rings is 3. The number of phenolic OH excluding ortho intramolecular Hbond substituents is 2. The van der Waals surface area contributed by atoms with Gasteiger partial charge in [0.15, 0.2) is 38.8 Å². The van der Waals surface area contributed by atoms with E-state index in [-0.39, 0.29) is 21.6 Å². The summed E-state index contributed by atoms with van der Waals surface area (Å²) in [6.45, 7) is 0. The Labute approximate surface area is 158 Å². The fraction of sp³-hybridized carbons (Fsp3) is 0.100. The highest BCUT2D eigenvalue weighted by molar-refractivity contribution is 7.91. The zero-order chi connectivity index (χ0) is 20.3. The van der Waals surface area contributed by atoms with E-state index in [0.717, 1.165) is 24.3 Å². The van der Waals surface area contributed by atoms with Crippen molar-refractivity contribution in [1.29, 1.82) is 0 Å². The number of rotatable bonds is 2. The second-order valence-corrected chi connectivity index (χ2v) is 8.57. The summed E-state index contributed by atoms with van der Waals surface area (Å²) in [6, 6.07) is 10.9. The molecule has 0 saturated heterocycles.